The van der Waals surface area contributed by atoms with Gasteiger partial charge in [-0.3, -0.25) is 10.1 Å². The van der Waals surface area contributed by atoms with E-state index in [1.807, 2.05) is 11.0 Å². The SMILES string of the molecule is O=[N+]([O-])c1ccc2c(c1)CN(c1ncc(Cl)cn1)CC2. The molecule has 1 aliphatic heterocycles. The summed E-state index contributed by atoms with van der Waals surface area (Å²) in [5.74, 6) is 0.589. The third-order valence-electron chi connectivity index (χ3n) is 3.30. The highest BCUT2D eigenvalue weighted by atomic mass is 35.5. The molecule has 3 rings (SSSR count). The molecule has 1 aliphatic rings. The van der Waals surface area contributed by atoms with Crippen LogP contribution in [0.4, 0.5) is 11.6 Å². The lowest BCUT2D eigenvalue weighted by molar-refractivity contribution is -0.384. The van der Waals surface area contributed by atoms with E-state index in [0.717, 1.165) is 24.1 Å². The number of nitro benzene ring substituents is 1. The summed E-state index contributed by atoms with van der Waals surface area (Å²) in [6.45, 7) is 1.35. The van der Waals surface area contributed by atoms with Crippen molar-refractivity contribution in [2.45, 2.75) is 13.0 Å². The van der Waals surface area contributed by atoms with Crippen LogP contribution in [-0.4, -0.2) is 21.4 Å². The van der Waals surface area contributed by atoms with Crippen LogP contribution in [-0.2, 0) is 13.0 Å². The maximum absolute atomic E-state index is 10.8. The van der Waals surface area contributed by atoms with Crippen molar-refractivity contribution in [1.29, 1.82) is 0 Å². The molecule has 0 N–H and O–H groups in total. The van der Waals surface area contributed by atoms with E-state index in [1.54, 1.807) is 24.5 Å². The fourth-order valence-electron chi connectivity index (χ4n) is 2.30. The molecule has 2 heterocycles. The van der Waals surface area contributed by atoms with Gasteiger partial charge in [0.25, 0.3) is 5.69 Å². The van der Waals surface area contributed by atoms with Crippen molar-refractivity contribution in [1.82, 2.24) is 9.97 Å². The first-order chi connectivity index (χ1) is 9.63. The van der Waals surface area contributed by atoms with E-state index in [9.17, 15) is 10.1 Å². The third kappa shape index (κ3) is 2.42. The van der Waals surface area contributed by atoms with Crippen molar-refractivity contribution >= 4 is 23.2 Å². The summed E-state index contributed by atoms with van der Waals surface area (Å²) in [7, 11) is 0. The van der Waals surface area contributed by atoms with Gasteiger partial charge in [0, 0.05) is 25.2 Å². The van der Waals surface area contributed by atoms with E-state index < -0.39 is 0 Å². The minimum atomic E-state index is -0.377. The summed E-state index contributed by atoms with van der Waals surface area (Å²) in [6.07, 6.45) is 3.92. The van der Waals surface area contributed by atoms with E-state index in [2.05, 4.69) is 9.97 Å². The van der Waals surface area contributed by atoms with Gasteiger partial charge in [0.15, 0.2) is 0 Å². The lowest BCUT2D eigenvalue weighted by Crippen LogP contribution is -2.31. The predicted molar refractivity (Wildman–Crippen MR) is 74.9 cm³/mol. The molecule has 6 nitrogen and oxygen atoms in total. The average Bonchev–Trinajstić information content (AvgIpc) is 2.47. The molecule has 0 aliphatic carbocycles. The van der Waals surface area contributed by atoms with Gasteiger partial charge < -0.3 is 4.90 Å². The van der Waals surface area contributed by atoms with E-state index >= 15 is 0 Å². The van der Waals surface area contributed by atoms with Crippen molar-refractivity contribution in [3.05, 3.63) is 56.9 Å². The first-order valence-electron chi connectivity index (χ1n) is 6.12. The maximum atomic E-state index is 10.8. The third-order valence-corrected chi connectivity index (χ3v) is 3.50. The number of fused-ring (bicyclic) bond motifs is 1. The molecule has 0 saturated carbocycles. The zero-order chi connectivity index (χ0) is 14.1. The Balaban J connectivity index is 1.88. The largest absolute Gasteiger partial charge is 0.336 e. The van der Waals surface area contributed by atoms with Crippen molar-refractivity contribution in [2.24, 2.45) is 0 Å². The monoisotopic (exact) mass is 290 g/mol. The highest BCUT2D eigenvalue weighted by molar-refractivity contribution is 6.30. The number of rotatable bonds is 2. The second kappa shape index (κ2) is 5.05. The number of non-ortho nitro benzene ring substituents is 1. The minimum Gasteiger partial charge on any atom is -0.336 e. The van der Waals surface area contributed by atoms with E-state index in [4.69, 9.17) is 11.6 Å². The van der Waals surface area contributed by atoms with Gasteiger partial charge in [-0.2, -0.15) is 0 Å². The molecule has 0 bridgehead atoms. The van der Waals surface area contributed by atoms with Crippen LogP contribution < -0.4 is 4.90 Å². The topological polar surface area (TPSA) is 72.2 Å². The quantitative estimate of drug-likeness (QED) is 0.628. The zero-order valence-corrected chi connectivity index (χ0v) is 11.2. The van der Waals surface area contributed by atoms with Gasteiger partial charge in [0.2, 0.25) is 5.95 Å². The fraction of sp³-hybridized carbons (Fsp3) is 0.231. The molecule has 0 amide bonds. The van der Waals surface area contributed by atoms with Crippen LogP contribution in [0, 0.1) is 10.1 Å². The molecule has 0 unspecified atom stereocenters. The van der Waals surface area contributed by atoms with Crippen molar-refractivity contribution in [3.63, 3.8) is 0 Å². The second-order valence-electron chi connectivity index (χ2n) is 4.58. The van der Waals surface area contributed by atoms with Crippen LogP contribution >= 0.6 is 11.6 Å². The molecule has 1 aromatic heterocycles. The minimum absolute atomic E-state index is 0.114. The summed E-state index contributed by atoms with van der Waals surface area (Å²) < 4.78 is 0. The number of aromatic nitrogens is 2. The first-order valence-corrected chi connectivity index (χ1v) is 6.50. The highest BCUT2D eigenvalue weighted by Crippen LogP contribution is 2.25. The van der Waals surface area contributed by atoms with Crippen molar-refractivity contribution in [3.8, 4) is 0 Å². The Bertz CT molecular complexity index is 660. The molecule has 0 fully saturated rings. The molecule has 0 radical (unpaired) electrons. The normalized spacial score (nSPS) is 13.9. The van der Waals surface area contributed by atoms with Crippen LogP contribution in [0.15, 0.2) is 30.6 Å². The van der Waals surface area contributed by atoms with Gasteiger partial charge >= 0.3 is 0 Å². The van der Waals surface area contributed by atoms with Gasteiger partial charge in [-0.15, -0.1) is 0 Å². The molecule has 0 spiro atoms. The van der Waals surface area contributed by atoms with Crippen LogP contribution in [0.3, 0.4) is 0 Å². The summed E-state index contributed by atoms with van der Waals surface area (Å²) in [5.41, 5.74) is 2.20. The summed E-state index contributed by atoms with van der Waals surface area (Å²) in [4.78, 5) is 20.8. The smallest absolute Gasteiger partial charge is 0.269 e. The molecule has 0 atom stereocenters. The molecule has 102 valence electrons. The number of nitrogens with zero attached hydrogens (tertiary/aromatic N) is 4. The molecule has 0 saturated heterocycles. The number of hydrogen-bond acceptors (Lipinski definition) is 5. The standard InChI is InChI=1S/C13H11ClN4O2/c14-11-6-15-13(16-7-11)17-4-3-9-1-2-12(18(19)20)5-10(9)8-17/h1-2,5-7H,3-4,8H2. The summed E-state index contributed by atoms with van der Waals surface area (Å²) >= 11 is 5.77. The Labute approximate surface area is 120 Å². The molecular weight excluding hydrogens is 280 g/mol. The average molecular weight is 291 g/mol. The number of anilines is 1. The maximum Gasteiger partial charge on any atom is 0.269 e. The Morgan fingerprint density at radius 2 is 2.00 bits per heavy atom. The van der Waals surface area contributed by atoms with Crippen LogP contribution in [0.25, 0.3) is 0 Å². The van der Waals surface area contributed by atoms with E-state index in [-0.39, 0.29) is 10.6 Å². The molecule has 1 aromatic carbocycles. The Hall–Kier alpha value is -2.21. The predicted octanol–water partition coefficient (Wildman–Crippen LogP) is 2.60. The van der Waals surface area contributed by atoms with Gasteiger partial charge in [-0.05, 0) is 17.5 Å². The second-order valence-corrected chi connectivity index (χ2v) is 5.02. The highest BCUT2D eigenvalue weighted by Gasteiger charge is 2.20. The van der Waals surface area contributed by atoms with E-state index in [1.165, 1.54) is 0 Å². The van der Waals surface area contributed by atoms with Crippen molar-refractivity contribution < 1.29 is 4.92 Å². The van der Waals surface area contributed by atoms with Gasteiger partial charge in [-0.1, -0.05) is 17.7 Å². The summed E-state index contributed by atoms with van der Waals surface area (Å²) in [5, 5.41) is 11.3. The van der Waals surface area contributed by atoms with Gasteiger partial charge in [0.05, 0.1) is 22.3 Å². The lowest BCUT2D eigenvalue weighted by atomic mass is 9.99. The molecule has 7 heteroatoms. The zero-order valence-electron chi connectivity index (χ0n) is 10.5. The number of hydrogen-bond donors (Lipinski definition) is 0. The Kier molecular flexibility index (Phi) is 3.23. The van der Waals surface area contributed by atoms with Gasteiger partial charge in [-0.25, -0.2) is 9.97 Å². The first kappa shape index (κ1) is 12.8. The summed E-state index contributed by atoms with van der Waals surface area (Å²) in [6, 6.07) is 5.00. The Morgan fingerprint density at radius 3 is 2.70 bits per heavy atom. The van der Waals surface area contributed by atoms with Crippen LogP contribution in [0.2, 0.25) is 5.02 Å². The van der Waals surface area contributed by atoms with Crippen molar-refractivity contribution in [2.75, 3.05) is 11.4 Å². The molecule has 20 heavy (non-hydrogen) atoms. The fourth-order valence-corrected chi connectivity index (χ4v) is 2.39. The van der Waals surface area contributed by atoms with Crippen LogP contribution in [0.5, 0.6) is 0 Å². The van der Waals surface area contributed by atoms with Gasteiger partial charge in [0.1, 0.15) is 0 Å². The number of benzene rings is 1. The number of halogens is 1. The van der Waals surface area contributed by atoms with Crippen LogP contribution in [0.1, 0.15) is 11.1 Å². The lowest BCUT2D eigenvalue weighted by Gasteiger charge is -2.28. The molecular formula is C13H11ClN4O2. The Morgan fingerprint density at radius 1 is 1.25 bits per heavy atom. The van der Waals surface area contributed by atoms with E-state index in [0.29, 0.717) is 17.5 Å². The molecule has 2 aromatic rings. The number of nitro groups is 1.